The Balaban J connectivity index is 1.53. The Bertz CT molecular complexity index is 666. The Morgan fingerprint density at radius 3 is 2.65 bits per heavy atom. The van der Waals surface area contributed by atoms with E-state index in [0.717, 1.165) is 54.3 Å². The highest BCUT2D eigenvalue weighted by Crippen LogP contribution is 2.25. The maximum absolute atomic E-state index is 13.3. The fraction of sp³-hybridized carbons (Fsp3) is 0.368. The lowest BCUT2D eigenvalue weighted by molar-refractivity contribution is 0.211. The summed E-state index contributed by atoms with van der Waals surface area (Å²) in [6, 6.07) is 13.3. The zero-order chi connectivity index (χ0) is 16.2. The van der Waals surface area contributed by atoms with Crippen LogP contribution in [-0.2, 0) is 6.54 Å². The number of anilines is 1. The van der Waals surface area contributed by atoms with E-state index in [1.807, 2.05) is 25.1 Å². The molecule has 3 rings (SSSR count). The van der Waals surface area contributed by atoms with Gasteiger partial charge in [-0.2, -0.15) is 0 Å². The molecule has 23 heavy (non-hydrogen) atoms. The van der Waals surface area contributed by atoms with Gasteiger partial charge in [-0.15, -0.1) is 0 Å². The first-order chi connectivity index (χ1) is 11.1. The van der Waals surface area contributed by atoms with Crippen LogP contribution in [0.15, 0.2) is 42.5 Å². The molecular weight excluding hydrogens is 311 g/mol. The summed E-state index contributed by atoms with van der Waals surface area (Å²) in [5.41, 5.74) is 3.28. The second-order valence-electron chi connectivity index (χ2n) is 6.24. The van der Waals surface area contributed by atoms with E-state index in [1.54, 1.807) is 12.1 Å². The summed E-state index contributed by atoms with van der Waals surface area (Å²) in [4.78, 5) is 2.39. The van der Waals surface area contributed by atoms with E-state index in [2.05, 4.69) is 16.3 Å². The first kappa shape index (κ1) is 16.3. The number of halogens is 2. The van der Waals surface area contributed by atoms with E-state index < -0.39 is 0 Å². The number of likely N-dealkylation sites (tertiary alicyclic amines) is 1. The van der Waals surface area contributed by atoms with Crippen molar-refractivity contribution in [2.75, 3.05) is 18.4 Å². The van der Waals surface area contributed by atoms with Crippen molar-refractivity contribution in [1.82, 2.24) is 4.90 Å². The zero-order valence-corrected chi connectivity index (χ0v) is 14.1. The average molecular weight is 333 g/mol. The standard InChI is InChI=1S/C19H22ClFN2/c1-14-18(20)6-3-7-19(14)22-17-8-10-23(11-9-17)13-15-4-2-5-16(21)12-15/h2-7,12,17,22H,8-11,13H2,1H3. The average Bonchev–Trinajstić information content (AvgIpc) is 2.54. The Morgan fingerprint density at radius 2 is 1.91 bits per heavy atom. The summed E-state index contributed by atoms with van der Waals surface area (Å²) in [5, 5.41) is 4.42. The van der Waals surface area contributed by atoms with Crippen LogP contribution in [0.4, 0.5) is 10.1 Å². The minimum atomic E-state index is -0.157. The molecule has 0 radical (unpaired) electrons. The minimum absolute atomic E-state index is 0.157. The Kier molecular flexibility index (Phi) is 5.19. The van der Waals surface area contributed by atoms with Gasteiger partial charge in [0.05, 0.1) is 0 Å². The normalized spacial score (nSPS) is 16.5. The molecule has 1 aliphatic rings. The fourth-order valence-corrected chi connectivity index (χ4v) is 3.29. The first-order valence-corrected chi connectivity index (χ1v) is 8.48. The number of rotatable bonds is 4. The van der Waals surface area contributed by atoms with Crippen LogP contribution < -0.4 is 5.32 Å². The Hall–Kier alpha value is -1.58. The van der Waals surface area contributed by atoms with Crippen LogP contribution in [0.3, 0.4) is 0 Å². The van der Waals surface area contributed by atoms with E-state index >= 15 is 0 Å². The highest BCUT2D eigenvalue weighted by Gasteiger charge is 2.19. The number of benzene rings is 2. The molecule has 1 saturated heterocycles. The molecule has 1 N–H and O–H groups in total. The highest BCUT2D eigenvalue weighted by atomic mass is 35.5. The maximum Gasteiger partial charge on any atom is 0.123 e. The van der Waals surface area contributed by atoms with Crippen LogP contribution in [0, 0.1) is 12.7 Å². The van der Waals surface area contributed by atoms with Gasteiger partial charge in [-0.1, -0.05) is 29.8 Å². The summed E-state index contributed by atoms with van der Waals surface area (Å²) < 4.78 is 13.3. The minimum Gasteiger partial charge on any atom is -0.382 e. The van der Waals surface area contributed by atoms with Crippen LogP contribution in [0.1, 0.15) is 24.0 Å². The van der Waals surface area contributed by atoms with E-state index in [0.29, 0.717) is 6.04 Å². The molecule has 0 saturated carbocycles. The van der Waals surface area contributed by atoms with Gasteiger partial charge in [0.1, 0.15) is 5.82 Å². The van der Waals surface area contributed by atoms with Gasteiger partial charge in [-0.25, -0.2) is 4.39 Å². The molecule has 2 nitrogen and oxygen atoms in total. The van der Waals surface area contributed by atoms with Gasteiger partial charge >= 0.3 is 0 Å². The number of nitrogens with zero attached hydrogens (tertiary/aromatic N) is 1. The molecule has 0 amide bonds. The lowest BCUT2D eigenvalue weighted by atomic mass is 10.0. The molecule has 0 aliphatic carbocycles. The second kappa shape index (κ2) is 7.33. The van der Waals surface area contributed by atoms with Crippen LogP contribution in [-0.4, -0.2) is 24.0 Å². The molecule has 0 spiro atoms. The fourth-order valence-electron chi connectivity index (χ4n) is 3.11. The molecule has 122 valence electrons. The SMILES string of the molecule is Cc1c(Cl)cccc1NC1CCN(Cc2cccc(F)c2)CC1. The maximum atomic E-state index is 13.3. The van der Waals surface area contributed by atoms with Gasteiger partial charge in [0.15, 0.2) is 0 Å². The third-order valence-corrected chi connectivity index (χ3v) is 4.92. The van der Waals surface area contributed by atoms with Crippen molar-refractivity contribution in [3.8, 4) is 0 Å². The molecule has 0 unspecified atom stereocenters. The van der Waals surface area contributed by atoms with Gasteiger partial charge in [-0.3, -0.25) is 4.90 Å². The highest BCUT2D eigenvalue weighted by molar-refractivity contribution is 6.31. The smallest absolute Gasteiger partial charge is 0.123 e. The van der Waals surface area contributed by atoms with E-state index in [1.165, 1.54) is 6.07 Å². The van der Waals surface area contributed by atoms with E-state index in [-0.39, 0.29) is 5.82 Å². The van der Waals surface area contributed by atoms with Crippen molar-refractivity contribution in [1.29, 1.82) is 0 Å². The van der Waals surface area contributed by atoms with Crippen molar-refractivity contribution in [3.63, 3.8) is 0 Å². The Labute approximate surface area is 142 Å². The second-order valence-corrected chi connectivity index (χ2v) is 6.64. The largest absolute Gasteiger partial charge is 0.382 e. The lowest BCUT2D eigenvalue weighted by Gasteiger charge is -2.33. The predicted octanol–water partition coefficient (Wildman–Crippen LogP) is 4.86. The molecule has 0 bridgehead atoms. The quantitative estimate of drug-likeness (QED) is 0.859. The third-order valence-electron chi connectivity index (χ3n) is 4.51. The molecule has 2 aromatic rings. The molecule has 0 atom stereocenters. The first-order valence-electron chi connectivity index (χ1n) is 8.10. The van der Waals surface area contributed by atoms with Crippen LogP contribution >= 0.6 is 11.6 Å². The van der Waals surface area contributed by atoms with Crippen molar-refractivity contribution >= 4 is 17.3 Å². The monoisotopic (exact) mass is 332 g/mol. The molecule has 1 fully saturated rings. The number of hydrogen-bond donors (Lipinski definition) is 1. The van der Waals surface area contributed by atoms with Gasteiger partial charge in [0.25, 0.3) is 0 Å². The van der Waals surface area contributed by atoms with Crippen LogP contribution in [0.25, 0.3) is 0 Å². The molecule has 1 aliphatic heterocycles. The summed E-state index contributed by atoms with van der Waals surface area (Å²) in [7, 11) is 0. The van der Waals surface area contributed by atoms with Crippen LogP contribution in [0.5, 0.6) is 0 Å². The predicted molar refractivity (Wildman–Crippen MR) is 94.5 cm³/mol. The molecule has 4 heteroatoms. The molecule has 2 aromatic carbocycles. The van der Waals surface area contributed by atoms with Gasteiger partial charge < -0.3 is 5.32 Å². The van der Waals surface area contributed by atoms with Crippen LogP contribution in [0.2, 0.25) is 5.02 Å². The summed E-state index contributed by atoms with van der Waals surface area (Å²) >= 11 is 6.18. The molecule has 0 aromatic heterocycles. The topological polar surface area (TPSA) is 15.3 Å². The van der Waals surface area contributed by atoms with Crippen molar-refractivity contribution < 1.29 is 4.39 Å². The number of nitrogens with one attached hydrogen (secondary N) is 1. The van der Waals surface area contributed by atoms with E-state index in [4.69, 9.17) is 11.6 Å². The number of piperidine rings is 1. The summed E-state index contributed by atoms with van der Waals surface area (Å²) in [6.07, 6.45) is 2.17. The Morgan fingerprint density at radius 1 is 1.17 bits per heavy atom. The van der Waals surface area contributed by atoms with Crippen molar-refractivity contribution in [2.24, 2.45) is 0 Å². The van der Waals surface area contributed by atoms with E-state index in [9.17, 15) is 4.39 Å². The summed E-state index contributed by atoms with van der Waals surface area (Å²) in [6.45, 7) is 4.91. The van der Waals surface area contributed by atoms with Gasteiger partial charge in [-0.05, 0) is 55.2 Å². The lowest BCUT2D eigenvalue weighted by Crippen LogP contribution is -2.38. The molecular formula is C19H22ClFN2. The van der Waals surface area contributed by atoms with Crippen molar-refractivity contribution in [2.45, 2.75) is 32.4 Å². The molecule has 1 heterocycles. The number of hydrogen-bond acceptors (Lipinski definition) is 2. The summed E-state index contributed by atoms with van der Waals surface area (Å²) in [5.74, 6) is -0.157. The third kappa shape index (κ3) is 4.24. The van der Waals surface area contributed by atoms with Crippen molar-refractivity contribution in [3.05, 3.63) is 64.4 Å². The zero-order valence-electron chi connectivity index (χ0n) is 13.4. The van der Waals surface area contributed by atoms with Gasteiger partial charge in [0, 0.05) is 36.4 Å². The van der Waals surface area contributed by atoms with Gasteiger partial charge in [0.2, 0.25) is 0 Å².